The number of rotatable bonds is 2. The van der Waals surface area contributed by atoms with E-state index in [9.17, 15) is 0 Å². The van der Waals surface area contributed by atoms with Gasteiger partial charge in [0.25, 0.3) is 0 Å². The smallest absolute Gasteiger partial charge is 0.134 e. The maximum Gasteiger partial charge on any atom is 0.134 e. The van der Waals surface area contributed by atoms with Gasteiger partial charge in [-0.05, 0) is 40.6 Å². The number of fused-ring (bicyclic) bond motifs is 2. The fourth-order valence-electron chi connectivity index (χ4n) is 2.89. The van der Waals surface area contributed by atoms with Gasteiger partial charge in [0.2, 0.25) is 0 Å². The van der Waals surface area contributed by atoms with E-state index in [1.807, 2.05) is 18.2 Å². The molecule has 0 amide bonds. The molecule has 4 rings (SSSR count). The SMILES string of the molecule is N#Cc1ccc2oc(Cc3cccc4ccccc34)cc2c1. The van der Waals surface area contributed by atoms with Crippen molar-refractivity contribution in [3.63, 3.8) is 0 Å². The van der Waals surface area contributed by atoms with Crippen LogP contribution < -0.4 is 0 Å². The molecule has 0 bridgehead atoms. The van der Waals surface area contributed by atoms with Crippen molar-refractivity contribution in [1.82, 2.24) is 0 Å². The third kappa shape index (κ3) is 2.13. The molecule has 104 valence electrons. The molecule has 0 saturated heterocycles. The predicted molar refractivity (Wildman–Crippen MR) is 87.7 cm³/mol. The monoisotopic (exact) mass is 283 g/mol. The Balaban J connectivity index is 1.78. The van der Waals surface area contributed by atoms with E-state index >= 15 is 0 Å². The molecule has 0 saturated carbocycles. The minimum absolute atomic E-state index is 0.657. The summed E-state index contributed by atoms with van der Waals surface area (Å²) in [4.78, 5) is 0. The molecule has 0 fully saturated rings. The van der Waals surface area contributed by atoms with Gasteiger partial charge in [-0.1, -0.05) is 42.5 Å². The first kappa shape index (κ1) is 12.7. The predicted octanol–water partition coefficient (Wildman–Crippen LogP) is 5.05. The van der Waals surface area contributed by atoms with Crippen LogP contribution in [0.1, 0.15) is 16.9 Å². The average Bonchev–Trinajstić information content (AvgIpc) is 2.96. The lowest BCUT2D eigenvalue weighted by molar-refractivity contribution is 0.563. The molecule has 3 aromatic carbocycles. The van der Waals surface area contributed by atoms with Crippen molar-refractivity contribution in [2.45, 2.75) is 6.42 Å². The van der Waals surface area contributed by atoms with Gasteiger partial charge in [0.1, 0.15) is 11.3 Å². The number of hydrogen-bond acceptors (Lipinski definition) is 2. The summed E-state index contributed by atoms with van der Waals surface area (Å²) >= 11 is 0. The summed E-state index contributed by atoms with van der Waals surface area (Å²) in [5.41, 5.74) is 2.73. The van der Waals surface area contributed by atoms with Gasteiger partial charge in [-0.2, -0.15) is 5.26 Å². The number of benzene rings is 3. The van der Waals surface area contributed by atoms with Crippen molar-refractivity contribution < 1.29 is 4.42 Å². The zero-order valence-corrected chi connectivity index (χ0v) is 11.9. The normalized spacial score (nSPS) is 10.9. The topological polar surface area (TPSA) is 36.9 Å². The minimum atomic E-state index is 0.657. The third-order valence-electron chi connectivity index (χ3n) is 3.94. The second-order valence-corrected chi connectivity index (χ2v) is 5.39. The number of nitriles is 1. The number of hydrogen-bond donors (Lipinski definition) is 0. The van der Waals surface area contributed by atoms with Crippen LogP contribution in [0.25, 0.3) is 21.7 Å². The van der Waals surface area contributed by atoms with Gasteiger partial charge in [0.15, 0.2) is 0 Å². The summed E-state index contributed by atoms with van der Waals surface area (Å²) in [5, 5.41) is 12.4. The molecule has 0 aliphatic rings. The zero-order valence-electron chi connectivity index (χ0n) is 11.9. The van der Waals surface area contributed by atoms with E-state index in [-0.39, 0.29) is 0 Å². The standard InChI is InChI=1S/C20H13NO/c21-13-14-8-9-20-17(10-14)12-18(22-20)11-16-6-3-5-15-4-1-2-7-19(15)16/h1-10,12H,11H2. The molecule has 4 aromatic rings. The maximum absolute atomic E-state index is 8.98. The Morgan fingerprint density at radius 3 is 2.64 bits per heavy atom. The van der Waals surface area contributed by atoms with Gasteiger partial charge < -0.3 is 4.42 Å². The van der Waals surface area contributed by atoms with Crippen LogP contribution in [0.4, 0.5) is 0 Å². The van der Waals surface area contributed by atoms with Crippen LogP contribution in [0.5, 0.6) is 0 Å². The highest BCUT2D eigenvalue weighted by atomic mass is 16.3. The van der Waals surface area contributed by atoms with Gasteiger partial charge in [0, 0.05) is 11.8 Å². The Hall–Kier alpha value is -3.05. The molecule has 2 heteroatoms. The largest absolute Gasteiger partial charge is 0.461 e. The molecule has 22 heavy (non-hydrogen) atoms. The van der Waals surface area contributed by atoms with Crippen LogP contribution in [0.2, 0.25) is 0 Å². The Kier molecular flexibility index (Phi) is 2.91. The first-order valence-electron chi connectivity index (χ1n) is 7.23. The Morgan fingerprint density at radius 2 is 1.73 bits per heavy atom. The molecule has 0 atom stereocenters. The van der Waals surface area contributed by atoms with Crippen LogP contribution >= 0.6 is 0 Å². The first-order chi connectivity index (χ1) is 10.8. The van der Waals surface area contributed by atoms with E-state index in [1.54, 1.807) is 6.07 Å². The molecule has 0 aliphatic carbocycles. The quantitative estimate of drug-likeness (QED) is 0.516. The molecule has 0 unspecified atom stereocenters. The van der Waals surface area contributed by atoms with E-state index in [4.69, 9.17) is 9.68 Å². The Labute approximate surface area is 128 Å². The number of nitrogens with zero attached hydrogens (tertiary/aromatic N) is 1. The molecule has 0 aliphatic heterocycles. The third-order valence-corrected chi connectivity index (χ3v) is 3.94. The summed E-state index contributed by atoms with van der Waals surface area (Å²) in [6.45, 7) is 0. The lowest BCUT2D eigenvalue weighted by atomic mass is 10.0. The van der Waals surface area contributed by atoms with Crippen molar-refractivity contribution in [3.05, 3.63) is 83.6 Å². The van der Waals surface area contributed by atoms with Crippen LogP contribution in [-0.2, 0) is 6.42 Å². The summed E-state index contributed by atoms with van der Waals surface area (Å²) < 4.78 is 5.91. The molecular formula is C20H13NO. The van der Waals surface area contributed by atoms with E-state index < -0.39 is 0 Å². The molecule has 2 nitrogen and oxygen atoms in total. The fourth-order valence-corrected chi connectivity index (χ4v) is 2.89. The molecule has 1 aromatic heterocycles. The van der Waals surface area contributed by atoms with Gasteiger partial charge in [-0.3, -0.25) is 0 Å². The summed E-state index contributed by atoms with van der Waals surface area (Å²) in [6, 6.07) is 24.4. The lowest BCUT2D eigenvalue weighted by Gasteiger charge is -2.04. The fraction of sp³-hybridized carbons (Fsp3) is 0.0500. The molecule has 0 radical (unpaired) electrons. The molecule has 0 N–H and O–H groups in total. The average molecular weight is 283 g/mol. The van der Waals surface area contributed by atoms with Crippen molar-refractivity contribution in [1.29, 1.82) is 5.26 Å². The van der Waals surface area contributed by atoms with Crippen molar-refractivity contribution >= 4 is 21.7 Å². The van der Waals surface area contributed by atoms with Crippen LogP contribution in [-0.4, -0.2) is 0 Å². The van der Waals surface area contributed by atoms with Crippen LogP contribution in [0, 0.1) is 11.3 Å². The van der Waals surface area contributed by atoms with E-state index in [1.165, 1.54) is 16.3 Å². The van der Waals surface area contributed by atoms with E-state index in [0.29, 0.717) is 5.56 Å². The Bertz CT molecular complexity index is 1020. The van der Waals surface area contributed by atoms with Gasteiger partial charge in [-0.25, -0.2) is 0 Å². The highest BCUT2D eigenvalue weighted by Crippen LogP contribution is 2.25. The van der Waals surface area contributed by atoms with E-state index in [2.05, 4.69) is 48.5 Å². The molecule has 1 heterocycles. The molecular weight excluding hydrogens is 270 g/mol. The van der Waals surface area contributed by atoms with Gasteiger partial charge in [-0.15, -0.1) is 0 Å². The summed E-state index contributed by atoms with van der Waals surface area (Å²) in [7, 11) is 0. The van der Waals surface area contributed by atoms with Gasteiger partial charge >= 0.3 is 0 Å². The number of furan rings is 1. The van der Waals surface area contributed by atoms with Crippen LogP contribution in [0.15, 0.2) is 71.1 Å². The van der Waals surface area contributed by atoms with Crippen LogP contribution in [0.3, 0.4) is 0 Å². The van der Waals surface area contributed by atoms with Crippen molar-refractivity contribution in [2.24, 2.45) is 0 Å². The second-order valence-electron chi connectivity index (χ2n) is 5.39. The molecule has 0 spiro atoms. The lowest BCUT2D eigenvalue weighted by Crippen LogP contribution is -1.87. The maximum atomic E-state index is 8.98. The summed E-state index contributed by atoms with van der Waals surface area (Å²) in [6.07, 6.45) is 0.748. The highest BCUT2D eigenvalue weighted by Gasteiger charge is 2.07. The Morgan fingerprint density at radius 1 is 0.864 bits per heavy atom. The van der Waals surface area contributed by atoms with Crippen molar-refractivity contribution in [2.75, 3.05) is 0 Å². The van der Waals surface area contributed by atoms with Gasteiger partial charge in [0.05, 0.1) is 11.6 Å². The van der Waals surface area contributed by atoms with Crippen molar-refractivity contribution in [3.8, 4) is 6.07 Å². The second kappa shape index (κ2) is 5.05. The minimum Gasteiger partial charge on any atom is -0.461 e. The first-order valence-corrected chi connectivity index (χ1v) is 7.23. The summed E-state index contributed by atoms with van der Waals surface area (Å²) in [5.74, 6) is 0.918. The zero-order chi connectivity index (χ0) is 14.9. The van der Waals surface area contributed by atoms with E-state index in [0.717, 1.165) is 23.2 Å². The highest BCUT2D eigenvalue weighted by molar-refractivity contribution is 5.86.